The van der Waals surface area contributed by atoms with Crippen molar-refractivity contribution >= 4 is 33.6 Å². The number of imide groups is 1. The maximum Gasteiger partial charge on any atom is 0.323 e. The summed E-state index contributed by atoms with van der Waals surface area (Å²) in [5.41, 5.74) is 1.84. The number of carbonyl (C=O) groups excluding carboxylic acids is 2. The van der Waals surface area contributed by atoms with Crippen molar-refractivity contribution in [3.63, 3.8) is 0 Å². The summed E-state index contributed by atoms with van der Waals surface area (Å²) in [5, 5.41) is 18.3. The molecular weight excluding hydrogens is 494 g/mol. The number of amides is 3. The fourth-order valence-electron chi connectivity index (χ4n) is 4.71. The van der Waals surface area contributed by atoms with Gasteiger partial charge in [-0.1, -0.05) is 30.0 Å². The molecule has 9 heteroatoms. The second-order valence-corrected chi connectivity index (χ2v) is 9.36. The van der Waals surface area contributed by atoms with Gasteiger partial charge in [0.25, 0.3) is 5.91 Å². The van der Waals surface area contributed by atoms with Crippen LogP contribution in [-0.2, 0) is 17.9 Å². The van der Waals surface area contributed by atoms with Gasteiger partial charge in [-0.05, 0) is 49.4 Å². The van der Waals surface area contributed by atoms with Gasteiger partial charge in [0.2, 0.25) is 5.54 Å². The van der Waals surface area contributed by atoms with E-state index in [0.717, 1.165) is 27.5 Å². The van der Waals surface area contributed by atoms with Gasteiger partial charge < -0.3 is 19.7 Å². The van der Waals surface area contributed by atoms with Crippen molar-refractivity contribution in [1.29, 1.82) is 0 Å². The Balaban J connectivity index is 1.29. The quantitative estimate of drug-likeness (QED) is 0.241. The lowest BCUT2D eigenvalue weighted by molar-refractivity contribution is -0.122. The maximum absolute atomic E-state index is 12.8. The number of urea groups is 1. The van der Waals surface area contributed by atoms with Crippen LogP contribution in [0.4, 0.5) is 4.79 Å². The Morgan fingerprint density at radius 2 is 1.95 bits per heavy atom. The molecule has 5 aromatic rings. The predicted octanol–water partition coefficient (Wildman–Crippen LogP) is 3.81. The van der Waals surface area contributed by atoms with Crippen molar-refractivity contribution in [3.05, 3.63) is 96.1 Å². The van der Waals surface area contributed by atoms with Gasteiger partial charge in [0.05, 0.1) is 12.1 Å². The Morgan fingerprint density at radius 1 is 1.08 bits per heavy atom. The zero-order chi connectivity index (χ0) is 27.0. The molecule has 4 heterocycles. The van der Waals surface area contributed by atoms with E-state index in [2.05, 4.69) is 32.4 Å². The largest absolute Gasteiger partial charge is 0.494 e. The van der Waals surface area contributed by atoms with Crippen LogP contribution in [0.3, 0.4) is 0 Å². The second kappa shape index (κ2) is 9.50. The Bertz CT molecular complexity index is 1820. The molecular formula is C30H23N5O4. The summed E-state index contributed by atoms with van der Waals surface area (Å²) < 4.78 is 7.60. The van der Waals surface area contributed by atoms with E-state index in [9.17, 15) is 14.7 Å². The number of nitrogens with one attached hydrogen (secondary N) is 2. The Kier molecular flexibility index (Phi) is 5.85. The third-order valence-electron chi connectivity index (χ3n) is 6.59. The zero-order valence-electron chi connectivity index (χ0n) is 20.9. The fraction of sp³-hybridized carbons (Fsp3) is 0.133. The van der Waals surface area contributed by atoms with Gasteiger partial charge in [0, 0.05) is 51.6 Å². The maximum atomic E-state index is 12.8. The van der Waals surface area contributed by atoms with Crippen LogP contribution in [0.15, 0.2) is 79.3 Å². The second-order valence-electron chi connectivity index (χ2n) is 9.36. The van der Waals surface area contributed by atoms with Crippen molar-refractivity contribution in [1.82, 2.24) is 25.2 Å². The number of rotatable bonds is 5. The highest BCUT2D eigenvalue weighted by molar-refractivity contribution is 6.09. The van der Waals surface area contributed by atoms with Crippen LogP contribution in [0.5, 0.6) is 11.6 Å². The number of nitrogens with zero attached hydrogens (tertiary/aromatic N) is 3. The molecule has 1 aliphatic heterocycles. The summed E-state index contributed by atoms with van der Waals surface area (Å²) in [5.74, 6) is 5.70. The van der Waals surface area contributed by atoms with E-state index in [0.29, 0.717) is 23.3 Å². The van der Waals surface area contributed by atoms with Crippen LogP contribution in [0, 0.1) is 18.8 Å². The van der Waals surface area contributed by atoms with Crippen molar-refractivity contribution in [2.24, 2.45) is 0 Å². The van der Waals surface area contributed by atoms with Crippen molar-refractivity contribution in [2.75, 3.05) is 0 Å². The first-order valence-corrected chi connectivity index (χ1v) is 12.3. The highest BCUT2D eigenvalue weighted by Crippen LogP contribution is 2.32. The van der Waals surface area contributed by atoms with Crippen molar-refractivity contribution in [3.8, 4) is 23.5 Å². The van der Waals surface area contributed by atoms with Gasteiger partial charge in [-0.2, -0.15) is 0 Å². The summed E-state index contributed by atoms with van der Waals surface area (Å²) in [6, 6.07) is 18.1. The predicted molar refractivity (Wildman–Crippen MR) is 145 cm³/mol. The molecule has 6 rings (SSSR count). The highest BCUT2D eigenvalue weighted by atomic mass is 16.5. The minimum absolute atomic E-state index is 0.0721. The van der Waals surface area contributed by atoms with Crippen LogP contribution in [0.25, 0.3) is 21.7 Å². The molecule has 39 heavy (non-hydrogen) atoms. The molecule has 1 saturated heterocycles. The molecule has 1 unspecified atom stereocenters. The topological polar surface area (TPSA) is 118 Å². The average Bonchev–Trinajstić information content (AvgIpc) is 3.40. The molecule has 2 aromatic carbocycles. The molecule has 0 saturated carbocycles. The van der Waals surface area contributed by atoms with E-state index < -0.39 is 17.5 Å². The van der Waals surface area contributed by atoms with Crippen LogP contribution in [-0.4, -0.2) is 37.1 Å². The molecule has 3 N–H and O–H groups in total. The van der Waals surface area contributed by atoms with E-state index in [-0.39, 0.29) is 12.4 Å². The first kappa shape index (κ1) is 24.0. The molecule has 1 atom stereocenters. The molecule has 9 nitrogen and oxygen atoms in total. The number of aromatic hydroxyl groups is 1. The lowest BCUT2D eigenvalue weighted by Gasteiger charge is -2.20. The summed E-state index contributed by atoms with van der Waals surface area (Å²) in [4.78, 5) is 33.5. The minimum Gasteiger partial charge on any atom is -0.494 e. The van der Waals surface area contributed by atoms with Gasteiger partial charge in [-0.3, -0.25) is 20.1 Å². The number of benzene rings is 2. The van der Waals surface area contributed by atoms with Gasteiger partial charge in [0.15, 0.2) is 5.88 Å². The lowest BCUT2D eigenvalue weighted by Crippen LogP contribution is -2.49. The molecule has 192 valence electrons. The first-order valence-electron chi connectivity index (χ1n) is 12.3. The van der Waals surface area contributed by atoms with Gasteiger partial charge in [0.1, 0.15) is 12.4 Å². The normalized spacial score (nSPS) is 16.5. The van der Waals surface area contributed by atoms with E-state index in [4.69, 9.17) is 4.74 Å². The number of fused-ring (bicyclic) bond motifs is 2. The molecule has 0 radical (unpaired) electrons. The van der Waals surface area contributed by atoms with Crippen LogP contribution in [0.2, 0.25) is 0 Å². The van der Waals surface area contributed by atoms with E-state index >= 15 is 0 Å². The van der Waals surface area contributed by atoms with Crippen LogP contribution in [0.1, 0.15) is 16.8 Å². The van der Waals surface area contributed by atoms with Gasteiger partial charge >= 0.3 is 6.03 Å². The summed E-state index contributed by atoms with van der Waals surface area (Å²) >= 11 is 0. The summed E-state index contributed by atoms with van der Waals surface area (Å²) in [7, 11) is 0. The van der Waals surface area contributed by atoms with Gasteiger partial charge in [-0.25, -0.2) is 4.79 Å². The Hall–Kier alpha value is -5.36. The fourth-order valence-corrected chi connectivity index (χ4v) is 4.71. The first-order chi connectivity index (χ1) is 18.9. The molecule has 0 spiro atoms. The molecule has 0 aliphatic carbocycles. The number of para-hydroxylation sites is 1. The molecule has 1 aliphatic rings. The average molecular weight is 518 g/mol. The number of carbonyl (C=O) groups is 2. The van der Waals surface area contributed by atoms with Crippen LogP contribution < -0.4 is 15.4 Å². The Morgan fingerprint density at radius 3 is 2.74 bits per heavy atom. The van der Waals surface area contributed by atoms with E-state index in [1.807, 2.05) is 49.4 Å². The van der Waals surface area contributed by atoms with Gasteiger partial charge in [-0.15, -0.1) is 0 Å². The number of ether oxygens (including phenoxy) is 1. The number of pyridine rings is 2. The molecule has 3 aromatic heterocycles. The molecule has 0 bridgehead atoms. The third kappa shape index (κ3) is 4.60. The molecule has 1 fully saturated rings. The number of hydrogen-bond acceptors (Lipinski definition) is 6. The van der Waals surface area contributed by atoms with E-state index in [1.165, 1.54) is 4.57 Å². The summed E-state index contributed by atoms with van der Waals surface area (Å²) in [6.45, 7) is 2.18. The highest BCUT2D eigenvalue weighted by Gasteiger charge is 2.46. The number of hydrogen-bond donors (Lipinski definition) is 3. The smallest absolute Gasteiger partial charge is 0.323 e. The monoisotopic (exact) mass is 517 g/mol. The lowest BCUT2D eigenvalue weighted by atomic mass is 10.00. The number of aromatic nitrogens is 3. The van der Waals surface area contributed by atoms with Crippen molar-refractivity contribution < 1.29 is 19.4 Å². The van der Waals surface area contributed by atoms with E-state index in [1.54, 1.807) is 36.8 Å². The minimum atomic E-state index is -1.57. The van der Waals surface area contributed by atoms with Crippen LogP contribution >= 0.6 is 0 Å². The Labute approximate surface area is 223 Å². The van der Waals surface area contributed by atoms with Crippen molar-refractivity contribution in [2.45, 2.75) is 25.6 Å². The SMILES string of the molecule is Cc1cc(COc2ccc3cn(CC4(C#Cc5cccnc5)NC(=O)NC4=O)c(O)c3c2)c2ccccc2n1. The molecule has 3 amide bonds. The summed E-state index contributed by atoms with van der Waals surface area (Å²) in [6.07, 6.45) is 4.89. The number of aryl methyl sites for hydroxylation is 1. The zero-order valence-corrected chi connectivity index (χ0v) is 20.9. The standard InChI is InChI=1S/C30H23N5O4/c1-19-13-22(24-6-2-3-7-26(24)32-19)17-39-23-9-8-21-16-35(27(36)25(21)14-23)18-30(28(37)33-29(38)34-30)11-10-20-5-4-12-31-15-20/h2-9,12-16,36H,17-18H2,1H3,(H2,33,34,37,38). The third-order valence-corrected chi connectivity index (χ3v) is 6.59.